The molecule has 1 N–H and O–H groups in total. The number of aliphatic hydroxyl groups is 1. The summed E-state index contributed by atoms with van der Waals surface area (Å²) < 4.78 is 0. The molecular weight excluding hydrogens is 116 g/mol. The van der Waals surface area contributed by atoms with Crippen LogP contribution in [-0.2, 0) is 4.79 Å². The third kappa shape index (κ3) is 1.03. The molecule has 2 atom stereocenters. The van der Waals surface area contributed by atoms with Crippen LogP contribution >= 0.6 is 0 Å². The van der Waals surface area contributed by atoms with Crippen LogP contribution in [0.15, 0.2) is 12.2 Å². The number of carbonyl (C=O) groups is 1. The van der Waals surface area contributed by atoms with Crippen molar-refractivity contribution in [2.24, 2.45) is 11.8 Å². The van der Waals surface area contributed by atoms with Crippen LogP contribution in [-0.4, -0.2) is 17.5 Å². The van der Waals surface area contributed by atoms with Gasteiger partial charge in [-0.25, -0.2) is 0 Å². The summed E-state index contributed by atoms with van der Waals surface area (Å²) in [4.78, 5) is 10.7. The van der Waals surface area contributed by atoms with E-state index in [4.69, 9.17) is 5.11 Å². The first kappa shape index (κ1) is 6.49. The molecule has 0 radical (unpaired) electrons. The van der Waals surface area contributed by atoms with Gasteiger partial charge in [0.1, 0.15) is 0 Å². The van der Waals surface area contributed by atoms with Gasteiger partial charge < -0.3 is 5.11 Å². The van der Waals surface area contributed by atoms with E-state index in [1.54, 1.807) is 12.2 Å². The van der Waals surface area contributed by atoms with E-state index in [2.05, 4.69) is 0 Å². The molecule has 9 heavy (non-hydrogen) atoms. The minimum Gasteiger partial charge on any atom is -0.396 e. The molecule has 2 nitrogen and oxygen atoms in total. The summed E-state index contributed by atoms with van der Waals surface area (Å²) in [6, 6.07) is 0. The SMILES string of the molecule is C[C@@H]1C(=O)C=C[C@@H]1CO. The largest absolute Gasteiger partial charge is 0.396 e. The molecule has 0 amide bonds. The minimum atomic E-state index is -0.00463. The van der Waals surface area contributed by atoms with Crippen LogP contribution in [0, 0.1) is 11.8 Å². The van der Waals surface area contributed by atoms with Crippen LogP contribution in [0.5, 0.6) is 0 Å². The van der Waals surface area contributed by atoms with Crippen molar-refractivity contribution in [2.45, 2.75) is 6.92 Å². The van der Waals surface area contributed by atoms with Gasteiger partial charge in [-0.15, -0.1) is 0 Å². The molecule has 0 aromatic rings. The summed E-state index contributed by atoms with van der Waals surface area (Å²) in [5.74, 6) is 0.196. The molecule has 1 rings (SSSR count). The summed E-state index contributed by atoms with van der Waals surface area (Å²) in [7, 11) is 0. The molecule has 50 valence electrons. The zero-order valence-corrected chi connectivity index (χ0v) is 5.37. The number of allylic oxidation sites excluding steroid dienone is 1. The lowest BCUT2D eigenvalue weighted by Crippen LogP contribution is -2.14. The first-order valence-electron chi connectivity index (χ1n) is 3.08. The van der Waals surface area contributed by atoms with Gasteiger partial charge in [-0.3, -0.25) is 4.79 Å². The Bertz CT molecular complexity index is 149. The van der Waals surface area contributed by atoms with Crippen molar-refractivity contribution >= 4 is 5.78 Å². The molecule has 0 aliphatic heterocycles. The van der Waals surface area contributed by atoms with Crippen molar-refractivity contribution in [1.29, 1.82) is 0 Å². The topological polar surface area (TPSA) is 37.3 Å². The second kappa shape index (κ2) is 2.31. The van der Waals surface area contributed by atoms with E-state index in [1.807, 2.05) is 6.92 Å². The molecule has 0 saturated carbocycles. The fraction of sp³-hybridized carbons (Fsp3) is 0.571. The summed E-state index contributed by atoms with van der Waals surface area (Å²) in [5, 5.41) is 8.65. The molecule has 2 heteroatoms. The van der Waals surface area contributed by atoms with Gasteiger partial charge in [0.15, 0.2) is 5.78 Å². The quantitative estimate of drug-likeness (QED) is 0.551. The average molecular weight is 126 g/mol. The van der Waals surface area contributed by atoms with Gasteiger partial charge in [0.05, 0.1) is 6.61 Å². The predicted octanol–water partition coefficient (Wildman–Crippen LogP) is 0.370. The van der Waals surface area contributed by atoms with Crippen LogP contribution in [0.25, 0.3) is 0 Å². The lowest BCUT2D eigenvalue weighted by Gasteiger charge is -2.07. The zero-order valence-electron chi connectivity index (χ0n) is 5.37. The Balaban J connectivity index is 2.62. The molecule has 0 bridgehead atoms. The molecule has 0 unspecified atom stereocenters. The number of carbonyl (C=O) groups excluding carboxylic acids is 1. The van der Waals surface area contributed by atoms with Crippen LogP contribution in [0.1, 0.15) is 6.92 Å². The zero-order chi connectivity index (χ0) is 6.85. The monoisotopic (exact) mass is 126 g/mol. The van der Waals surface area contributed by atoms with E-state index in [0.717, 1.165) is 0 Å². The lowest BCUT2D eigenvalue weighted by molar-refractivity contribution is -0.118. The standard InChI is InChI=1S/C7H10O2/c1-5-6(4-8)2-3-7(5)9/h2-3,5-6,8H,4H2,1H3/t5-,6+/m0/s1. The van der Waals surface area contributed by atoms with Crippen LogP contribution in [0.3, 0.4) is 0 Å². The number of hydrogen-bond donors (Lipinski definition) is 1. The molecular formula is C7H10O2. The molecule has 1 aliphatic rings. The normalized spacial score (nSPS) is 33.8. The number of aliphatic hydroxyl groups excluding tert-OH is 1. The molecule has 0 fully saturated rings. The van der Waals surface area contributed by atoms with E-state index >= 15 is 0 Å². The van der Waals surface area contributed by atoms with E-state index in [0.29, 0.717) is 0 Å². The van der Waals surface area contributed by atoms with Crippen LogP contribution in [0.4, 0.5) is 0 Å². The third-order valence-electron chi connectivity index (χ3n) is 1.81. The van der Waals surface area contributed by atoms with Crippen molar-refractivity contribution < 1.29 is 9.90 Å². The van der Waals surface area contributed by atoms with Crippen molar-refractivity contribution in [3.05, 3.63) is 12.2 Å². The fourth-order valence-corrected chi connectivity index (χ4v) is 0.967. The minimum absolute atomic E-state index is 0.00463. The van der Waals surface area contributed by atoms with Gasteiger partial charge in [0.2, 0.25) is 0 Å². The average Bonchev–Trinajstić information content (AvgIpc) is 2.15. The number of rotatable bonds is 1. The Hall–Kier alpha value is -0.630. The first-order chi connectivity index (χ1) is 4.25. The van der Waals surface area contributed by atoms with Crippen LogP contribution in [0.2, 0.25) is 0 Å². The Labute approximate surface area is 54.2 Å². The van der Waals surface area contributed by atoms with E-state index in [1.165, 1.54) is 0 Å². The molecule has 0 aromatic heterocycles. The first-order valence-corrected chi connectivity index (χ1v) is 3.08. The molecule has 0 heterocycles. The summed E-state index contributed by atoms with van der Waals surface area (Å²) in [6.07, 6.45) is 3.32. The maximum absolute atomic E-state index is 10.7. The van der Waals surface area contributed by atoms with Gasteiger partial charge in [0, 0.05) is 11.8 Å². The van der Waals surface area contributed by atoms with Gasteiger partial charge in [-0.2, -0.15) is 0 Å². The van der Waals surface area contributed by atoms with Gasteiger partial charge in [-0.1, -0.05) is 13.0 Å². The van der Waals surface area contributed by atoms with Gasteiger partial charge >= 0.3 is 0 Å². The van der Waals surface area contributed by atoms with Gasteiger partial charge in [-0.05, 0) is 6.08 Å². The van der Waals surface area contributed by atoms with Crippen molar-refractivity contribution in [2.75, 3.05) is 6.61 Å². The highest BCUT2D eigenvalue weighted by Crippen LogP contribution is 2.20. The fourth-order valence-electron chi connectivity index (χ4n) is 0.967. The second-order valence-corrected chi connectivity index (χ2v) is 2.40. The Morgan fingerprint density at radius 2 is 2.44 bits per heavy atom. The highest BCUT2D eigenvalue weighted by atomic mass is 16.3. The Morgan fingerprint density at radius 3 is 2.67 bits per heavy atom. The van der Waals surface area contributed by atoms with E-state index in [9.17, 15) is 4.79 Å². The summed E-state index contributed by atoms with van der Waals surface area (Å²) in [6.45, 7) is 1.92. The Morgan fingerprint density at radius 1 is 1.78 bits per heavy atom. The number of hydrogen-bond acceptors (Lipinski definition) is 2. The Kier molecular flexibility index (Phi) is 1.67. The number of ketones is 1. The molecule has 0 aromatic carbocycles. The summed E-state index contributed by atoms with van der Waals surface area (Å²) >= 11 is 0. The second-order valence-electron chi connectivity index (χ2n) is 2.40. The van der Waals surface area contributed by atoms with Crippen molar-refractivity contribution in [3.8, 4) is 0 Å². The van der Waals surface area contributed by atoms with Crippen molar-refractivity contribution in [1.82, 2.24) is 0 Å². The predicted molar refractivity (Wildman–Crippen MR) is 33.9 cm³/mol. The van der Waals surface area contributed by atoms with E-state index < -0.39 is 0 Å². The highest BCUT2D eigenvalue weighted by molar-refractivity contribution is 5.94. The van der Waals surface area contributed by atoms with Crippen LogP contribution < -0.4 is 0 Å². The molecule has 1 aliphatic carbocycles. The maximum atomic E-state index is 10.7. The highest BCUT2D eigenvalue weighted by Gasteiger charge is 2.24. The summed E-state index contributed by atoms with van der Waals surface area (Å²) in [5.41, 5.74) is 0. The third-order valence-corrected chi connectivity index (χ3v) is 1.81. The smallest absolute Gasteiger partial charge is 0.158 e. The van der Waals surface area contributed by atoms with Crippen molar-refractivity contribution in [3.63, 3.8) is 0 Å². The molecule has 0 spiro atoms. The molecule has 0 saturated heterocycles. The van der Waals surface area contributed by atoms with Gasteiger partial charge in [0.25, 0.3) is 0 Å². The van der Waals surface area contributed by atoms with E-state index in [-0.39, 0.29) is 24.2 Å². The maximum Gasteiger partial charge on any atom is 0.158 e. The lowest BCUT2D eigenvalue weighted by atomic mass is 9.98.